The Morgan fingerprint density at radius 3 is 2.68 bits per heavy atom. The second-order valence-electron chi connectivity index (χ2n) is 4.62. The Kier molecular flexibility index (Phi) is 6.67. The summed E-state index contributed by atoms with van der Waals surface area (Å²) in [6.45, 7) is 7.17. The molecular formula is C14H21ClN2O2. The molecule has 0 aromatic heterocycles. The zero-order valence-electron chi connectivity index (χ0n) is 11.6. The summed E-state index contributed by atoms with van der Waals surface area (Å²) >= 11 is 5.85. The number of hydrogen-bond acceptors (Lipinski definition) is 3. The predicted molar refractivity (Wildman–Crippen MR) is 77.7 cm³/mol. The smallest absolute Gasteiger partial charge is 0.260 e. The molecule has 0 aliphatic rings. The number of carbonyl (C=O) groups is 1. The Labute approximate surface area is 119 Å². The number of nitrogens with one attached hydrogen (secondary N) is 2. The zero-order chi connectivity index (χ0) is 14.3. The van der Waals surface area contributed by atoms with E-state index in [1.807, 2.05) is 0 Å². The molecule has 0 aliphatic carbocycles. The number of ether oxygens (including phenoxy) is 1. The van der Waals surface area contributed by atoms with E-state index < -0.39 is 6.10 Å². The number of hydrogen-bond donors (Lipinski definition) is 2. The maximum Gasteiger partial charge on any atom is 0.260 e. The summed E-state index contributed by atoms with van der Waals surface area (Å²) in [4.78, 5) is 11.8. The van der Waals surface area contributed by atoms with Crippen LogP contribution < -0.4 is 15.4 Å². The van der Waals surface area contributed by atoms with E-state index in [4.69, 9.17) is 16.3 Å². The minimum absolute atomic E-state index is 0.134. The molecule has 1 unspecified atom stereocenters. The van der Waals surface area contributed by atoms with Crippen LogP contribution in [0.4, 0.5) is 0 Å². The molecule has 5 heteroatoms. The Bertz CT molecular complexity index is 410. The van der Waals surface area contributed by atoms with Crippen molar-refractivity contribution < 1.29 is 9.53 Å². The minimum Gasteiger partial charge on any atom is -0.481 e. The Hall–Kier alpha value is -1.26. The van der Waals surface area contributed by atoms with Gasteiger partial charge in [0.1, 0.15) is 5.75 Å². The average molecular weight is 285 g/mol. The van der Waals surface area contributed by atoms with E-state index >= 15 is 0 Å². The van der Waals surface area contributed by atoms with Crippen molar-refractivity contribution in [2.75, 3.05) is 13.1 Å². The van der Waals surface area contributed by atoms with Crippen LogP contribution in [0.2, 0.25) is 5.02 Å². The number of rotatable bonds is 7. The van der Waals surface area contributed by atoms with Gasteiger partial charge in [0.05, 0.1) is 0 Å². The van der Waals surface area contributed by atoms with E-state index in [0.717, 1.165) is 6.54 Å². The summed E-state index contributed by atoms with van der Waals surface area (Å²) in [7, 11) is 0. The van der Waals surface area contributed by atoms with E-state index in [1.54, 1.807) is 31.2 Å². The van der Waals surface area contributed by atoms with Crippen molar-refractivity contribution in [1.82, 2.24) is 10.6 Å². The third kappa shape index (κ3) is 6.45. The van der Waals surface area contributed by atoms with Crippen LogP contribution in [0, 0.1) is 0 Å². The van der Waals surface area contributed by atoms with Gasteiger partial charge in [0, 0.05) is 24.2 Å². The van der Waals surface area contributed by atoms with Gasteiger partial charge < -0.3 is 15.4 Å². The molecule has 1 atom stereocenters. The van der Waals surface area contributed by atoms with E-state index in [2.05, 4.69) is 24.5 Å². The fraction of sp³-hybridized carbons (Fsp3) is 0.500. The van der Waals surface area contributed by atoms with Gasteiger partial charge in [0.15, 0.2) is 6.10 Å². The second kappa shape index (κ2) is 8.02. The van der Waals surface area contributed by atoms with Crippen molar-refractivity contribution in [1.29, 1.82) is 0 Å². The molecule has 1 rings (SSSR count). The number of halogens is 1. The fourth-order valence-corrected chi connectivity index (χ4v) is 1.67. The Balaban J connectivity index is 2.32. The average Bonchev–Trinajstić information content (AvgIpc) is 2.34. The highest BCUT2D eigenvalue weighted by atomic mass is 35.5. The molecular weight excluding hydrogens is 264 g/mol. The summed E-state index contributed by atoms with van der Waals surface area (Å²) < 4.78 is 5.52. The first-order valence-corrected chi connectivity index (χ1v) is 6.80. The highest BCUT2D eigenvalue weighted by Gasteiger charge is 2.13. The normalized spacial score (nSPS) is 12.3. The number of amides is 1. The van der Waals surface area contributed by atoms with Gasteiger partial charge in [-0.3, -0.25) is 4.79 Å². The molecule has 4 nitrogen and oxygen atoms in total. The standard InChI is InChI=1S/C14H21ClN2O2/c1-10(2)16-7-8-17-14(18)11(3)19-13-6-4-5-12(15)9-13/h4-6,9-11,16H,7-8H2,1-3H3,(H,17,18). The minimum atomic E-state index is -0.544. The van der Waals surface area contributed by atoms with Crippen molar-refractivity contribution in [2.24, 2.45) is 0 Å². The van der Waals surface area contributed by atoms with Crippen LogP contribution >= 0.6 is 11.6 Å². The maximum absolute atomic E-state index is 11.8. The Morgan fingerprint density at radius 1 is 1.32 bits per heavy atom. The molecule has 0 bridgehead atoms. The van der Waals surface area contributed by atoms with Gasteiger partial charge in [-0.05, 0) is 25.1 Å². The molecule has 1 amide bonds. The topological polar surface area (TPSA) is 50.4 Å². The zero-order valence-corrected chi connectivity index (χ0v) is 12.3. The lowest BCUT2D eigenvalue weighted by Gasteiger charge is -2.15. The van der Waals surface area contributed by atoms with Gasteiger partial charge in [-0.2, -0.15) is 0 Å². The molecule has 1 aromatic rings. The first kappa shape index (κ1) is 15.8. The highest BCUT2D eigenvalue weighted by Crippen LogP contribution is 2.18. The number of carbonyl (C=O) groups excluding carboxylic acids is 1. The molecule has 0 aliphatic heterocycles. The third-order valence-corrected chi connectivity index (χ3v) is 2.69. The molecule has 1 aromatic carbocycles. The van der Waals surface area contributed by atoms with Crippen molar-refractivity contribution in [3.05, 3.63) is 29.3 Å². The Morgan fingerprint density at radius 2 is 2.05 bits per heavy atom. The lowest BCUT2D eigenvalue weighted by Crippen LogP contribution is -2.40. The number of benzene rings is 1. The summed E-state index contributed by atoms with van der Waals surface area (Å²) in [5.74, 6) is 0.459. The molecule has 0 fully saturated rings. The largest absolute Gasteiger partial charge is 0.481 e. The summed E-state index contributed by atoms with van der Waals surface area (Å²) in [5.41, 5.74) is 0. The van der Waals surface area contributed by atoms with E-state index in [0.29, 0.717) is 23.4 Å². The van der Waals surface area contributed by atoms with Crippen LogP contribution in [0.15, 0.2) is 24.3 Å². The monoisotopic (exact) mass is 284 g/mol. The molecule has 0 radical (unpaired) electrons. The molecule has 19 heavy (non-hydrogen) atoms. The van der Waals surface area contributed by atoms with Gasteiger partial charge in [0.2, 0.25) is 0 Å². The van der Waals surface area contributed by atoms with E-state index in [-0.39, 0.29) is 5.91 Å². The van der Waals surface area contributed by atoms with Gasteiger partial charge in [-0.1, -0.05) is 31.5 Å². The lowest BCUT2D eigenvalue weighted by molar-refractivity contribution is -0.127. The SMILES string of the molecule is CC(C)NCCNC(=O)C(C)Oc1cccc(Cl)c1. The summed E-state index contributed by atoms with van der Waals surface area (Å²) in [6.07, 6.45) is -0.544. The van der Waals surface area contributed by atoms with Gasteiger partial charge in [0.25, 0.3) is 5.91 Å². The van der Waals surface area contributed by atoms with Crippen LogP contribution in [0.1, 0.15) is 20.8 Å². The molecule has 0 spiro atoms. The summed E-state index contributed by atoms with van der Waals surface area (Å²) in [6, 6.07) is 7.42. The van der Waals surface area contributed by atoms with Crippen LogP contribution in [-0.2, 0) is 4.79 Å². The van der Waals surface area contributed by atoms with Gasteiger partial charge in [-0.15, -0.1) is 0 Å². The van der Waals surface area contributed by atoms with Gasteiger partial charge in [-0.25, -0.2) is 0 Å². The van der Waals surface area contributed by atoms with Crippen molar-refractivity contribution in [3.8, 4) is 5.75 Å². The van der Waals surface area contributed by atoms with Crippen molar-refractivity contribution in [2.45, 2.75) is 32.9 Å². The van der Waals surface area contributed by atoms with Crippen LogP contribution in [0.25, 0.3) is 0 Å². The molecule has 0 saturated carbocycles. The summed E-state index contributed by atoms with van der Waals surface area (Å²) in [5, 5.41) is 6.63. The van der Waals surface area contributed by atoms with E-state index in [9.17, 15) is 4.79 Å². The highest BCUT2D eigenvalue weighted by molar-refractivity contribution is 6.30. The first-order valence-electron chi connectivity index (χ1n) is 6.42. The fourth-order valence-electron chi connectivity index (χ4n) is 1.49. The van der Waals surface area contributed by atoms with Crippen LogP contribution in [-0.4, -0.2) is 31.1 Å². The second-order valence-corrected chi connectivity index (χ2v) is 5.05. The van der Waals surface area contributed by atoms with Crippen LogP contribution in [0.5, 0.6) is 5.75 Å². The molecule has 0 heterocycles. The first-order chi connectivity index (χ1) is 8.99. The molecule has 0 saturated heterocycles. The molecule has 2 N–H and O–H groups in total. The quantitative estimate of drug-likeness (QED) is 0.755. The van der Waals surface area contributed by atoms with Gasteiger partial charge >= 0.3 is 0 Å². The van der Waals surface area contributed by atoms with E-state index in [1.165, 1.54) is 0 Å². The van der Waals surface area contributed by atoms with Crippen molar-refractivity contribution in [3.63, 3.8) is 0 Å². The van der Waals surface area contributed by atoms with Crippen LogP contribution in [0.3, 0.4) is 0 Å². The van der Waals surface area contributed by atoms with Crippen molar-refractivity contribution >= 4 is 17.5 Å². The third-order valence-electron chi connectivity index (χ3n) is 2.45. The predicted octanol–water partition coefficient (Wildman–Crippen LogP) is 2.22. The lowest BCUT2D eigenvalue weighted by atomic mass is 10.3. The molecule has 106 valence electrons. The maximum atomic E-state index is 11.8.